The number of benzene rings is 2. The van der Waals surface area contributed by atoms with Crippen LogP contribution in [0, 0.1) is 0 Å². The van der Waals surface area contributed by atoms with E-state index < -0.39 is 5.97 Å². The number of aldehydes is 1. The van der Waals surface area contributed by atoms with E-state index in [2.05, 4.69) is 0 Å². The second-order valence-electron chi connectivity index (χ2n) is 4.78. The predicted molar refractivity (Wildman–Crippen MR) is 81.9 cm³/mol. The average molecular weight is 292 g/mol. The third-order valence-corrected chi connectivity index (χ3v) is 3.36. The van der Waals surface area contributed by atoms with E-state index in [9.17, 15) is 9.59 Å². The Bertz CT molecular complexity index is 828. The highest BCUT2D eigenvalue weighted by atomic mass is 16.4. The van der Waals surface area contributed by atoms with Crippen LogP contribution in [0.4, 0.5) is 0 Å². The molecular formula is C18H12O4. The van der Waals surface area contributed by atoms with Crippen molar-refractivity contribution in [3.8, 4) is 22.5 Å². The molecule has 0 amide bonds. The van der Waals surface area contributed by atoms with Crippen molar-refractivity contribution in [1.82, 2.24) is 0 Å². The molecule has 4 nitrogen and oxygen atoms in total. The minimum Gasteiger partial charge on any atom is -0.478 e. The average Bonchev–Trinajstić information content (AvgIpc) is 3.04. The highest BCUT2D eigenvalue weighted by Gasteiger charge is 2.07. The molecule has 0 radical (unpaired) electrons. The molecule has 0 aliphatic carbocycles. The van der Waals surface area contributed by atoms with Gasteiger partial charge in [-0.3, -0.25) is 4.79 Å². The lowest BCUT2D eigenvalue weighted by molar-refractivity contribution is 0.0696. The first-order valence-electron chi connectivity index (χ1n) is 6.66. The van der Waals surface area contributed by atoms with Crippen molar-refractivity contribution >= 4 is 12.3 Å². The highest BCUT2D eigenvalue weighted by molar-refractivity contribution is 5.88. The number of aromatic carboxylic acids is 1. The summed E-state index contributed by atoms with van der Waals surface area (Å²) in [6, 6.07) is 17.7. The topological polar surface area (TPSA) is 67.5 Å². The molecule has 0 spiro atoms. The molecule has 3 rings (SSSR count). The molecule has 0 aliphatic rings. The van der Waals surface area contributed by atoms with Crippen LogP contribution in [-0.4, -0.2) is 17.4 Å². The van der Waals surface area contributed by atoms with Crippen LogP contribution < -0.4 is 0 Å². The van der Waals surface area contributed by atoms with Gasteiger partial charge in [0.05, 0.1) is 5.56 Å². The minimum absolute atomic E-state index is 0.251. The van der Waals surface area contributed by atoms with Gasteiger partial charge in [-0.25, -0.2) is 4.79 Å². The van der Waals surface area contributed by atoms with Gasteiger partial charge in [0.25, 0.3) is 0 Å². The predicted octanol–water partition coefficient (Wildman–Crippen LogP) is 4.12. The van der Waals surface area contributed by atoms with Crippen molar-refractivity contribution in [2.45, 2.75) is 0 Å². The molecule has 22 heavy (non-hydrogen) atoms. The molecule has 2 aromatic carbocycles. The largest absolute Gasteiger partial charge is 0.478 e. The van der Waals surface area contributed by atoms with Gasteiger partial charge >= 0.3 is 5.97 Å². The summed E-state index contributed by atoms with van der Waals surface area (Å²) in [7, 11) is 0. The second-order valence-corrected chi connectivity index (χ2v) is 4.78. The summed E-state index contributed by atoms with van der Waals surface area (Å²) < 4.78 is 5.41. The Hall–Kier alpha value is -3.14. The number of rotatable bonds is 4. The fourth-order valence-electron chi connectivity index (χ4n) is 2.23. The van der Waals surface area contributed by atoms with Gasteiger partial charge in [0, 0.05) is 5.56 Å². The Labute approximate surface area is 126 Å². The fraction of sp³-hybridized carbons (Fsp3) is 0. The first-order valence-corrected chi connectivity index (χ1v) is 6.66. The van der Waals surface area contributed by atoms with Crippen LogP contribution in [0.3, 0.4) is 0 Å². The highest BCUT2D eigenvalue weighted by Crippen LogP contribution is 2.27. The molecule has 0 saturated carbocycles. The lowest BCUT2D eigenvalue weighted by atomic mass is 10.0. The smallest absolute Gasteiger partial charge is 0.335 e. The zero-order valence-electron chi connectivity index (χ0n) is 11.5. The first-order chi connectivity index (χ1) is 10.7. The number of furan rings is 1. The summed E-state index contributed by atoms with van der Waals surface area (Å²) in [6.07, 6.45) is 0.665. The van der Waals surface area contributed by atoms with Crippen molar-refractivity contribution in [2.75, 3.05) is 0 Å². The maximum absolute atomic E-state index is 10.9. The summed E-state index contributed by atoms with van der Waals surface area (Å²) >= 11 is 0. The Morgan fingerprint density at radius 1 is 0.909 bits per heavy atom. The molecule has 0 fully saturated rings. The van der Waals surface area contributed by atoms with E-state index in [1.807, 2.05) is 24.3 Å². The lowest BCUT2D eigenvalue weighted by Crippen LogP contribution is -1.94. The Kier molecular flexibility index (Phi) is 3.58. The summed E-state index contributed by atoms with van der Waals surface area (Å²) in [5, 5.41) is 8.92. The van der Waals surface area contributed by atoms with E-state index in [1.165, 1.54) is 0 Å². The Morgan fingerprint density at radius 2 is 1.64 bits per heavy atom. The van der Waals surface area contributed by atoms with Crippen LogP contribution >= 0.6 is 0 Å². The van der Waals surface area contributed by atoms with Crippen LogP contribution in [-0.2, 0) is 0 Å². The Balaban J connectivity index is 1.96. The second kappa shape index (κ2) is 5.69. The van der Waals surface area contributed by atoms with Crippen LogP contribution in [0.25, 0.3) is 22.5 Å². The molecule has 0 atom stereocenters. The third-order valence-electron chi connectivity index (χ3n) is 3.36. The molecule has 1 heterocycles. The van der Waals surface area contributed by atoms with Crippen molar-refractivity contribution in [3.63, 3.8) is 0 Å². The van der Waals surface area contributed by atoms with Crippen LogP contribution in [0.15, 0.2) is 65.1 Å². The lowest BCUT2D eigenvalue weighted by Gasteiger charge is -2.04. The number of hydrogen-bond donors (Lipinski definition) is 1. The molecule has 0 saturated heterocycles. The number of carbonyl (C=O) groups is 2. The summed E-state index contributed by atoms with van der Waals surface area (Å²) in [5.41, 5.74) is 2.96. The van der Waals surface area contributed by atoms with E-state index in [1.54, 1.807) is 36.4 Å². The van der Waals surface area contributed by atoms with E-state index in [0.29, 0.717) is 12.0 Å². The molecule has 1 N–H and O–H groups in total. The molecule has 0 bridgehead atoms. The van der Waals surface area contributed by atoms with Crippen LogP contribution in [0.2, 0.25) is 0 Å². The standard InChI is InChI=1S/C18H12O4/c19-11-16-8-9-17(22-16)15-3-1-2-14(10-15)12-4-6-13(7-5-12)18(20)21/h1-11H,(H,20,21). The minimum atomic E-state index is -0.947. The number of hydrogen-bond acceptors (Lipinski definition) is 3. The summed E-state index contributed by atoms with van der Waals surface area (Å²) in [6.45, 7) is 0. The zero-order chi connectivity index (χ0) is 15.5. The van der Waals surface area contributed by atoms with Crippen molar-refractivity contribution in [3.05, 3.63) is 72.0 Å². The van der Waals surface area contributed by atoms with E-state index in [4.69, 9.17) is 9.52 Å². The van der Waals surface area contributed by atoms with E-state index in [0.717, 1.165) is 16.7 Å². The van der Waals surface area contributed by atoms with Gasteiger partial charge < -0.3 is 9.52 Å². The van der Waals surface area contributed by atoms with Gasteiger partial charge in [-0.2, -0.15) is 0 Å². The molecule has 0 aliphatic heterocycles. The summed E-state index contributed by atoms with van der Waals surface area (Å²) in [5.74, 6) is -0.0467. The van der Waals surface area contributed by atoms with Gasteiger partial charge in [-0.05, 0) is 41.5 Å². The Morgan fingerprint density at radius 3 is 2.27 bits per heavy atom. The van der Waals surface area contributed by atoms with E-state index >= 15 is 0 Å². The SMILES string of the molecule is O=Cc1ccc(-c2cccc(-c3ccc(C(=O)O)cc3)c2)o1. The molecule has 108 valence electrons. The number of carboxylic acid groups (broad SMARTS) is 1. The monoisotopic (exact) mass is 292 g/mol. The number of carboxylic acids is 1. The van der Waals surface area contributed by atoms with Crippen molar-refractivity contribution in [1.29, 1.82) is 0 Å². The molecule has 0 unspecified atom stereocenters. The first kappa shape index (κ1) is 13.8. The normalized spacial score (nSPS) is 10.4. The van der Waals surface area contributed by atoms with E-state index in [-0.39, 0.29) is 11.3 Å². The number of carbonyl (C=O) groups excluding carboxylic acids is 1. The molecule has 4 heteroatoms. The molecule has 3 aromatic rings. The van der Waals surface area contributed by atoms with Gasteiger partial charge in [0.1, 0.15) is 5.76 Å². The summed E-state index contributed by atoms with van der Waals surface area (Å²) in [4.78, 5) is 21.6. The molecule has 1 aromatic heterocycles. The van der Waals surface area contributed by atoms with Gasteiger partial charge in [0.15, 0.2) is 12.0 Å². The molecular weight excluding hydrogens is 280 g/mol. The van der Waals surface area contributed by atoms with Crippen LogP contribution in [0.5, 0.6) is 0 Å². The zero-order valence-corrected chi connectivity index (χ0v) is 11.5. The maximum Gasteiger partial charge on any atom is 0.335 e. The van der Waals surface area contributed by atoms with Crippen molar-refractivity contribution in [2.24, 2.45) is 0 Å². The maximum atomic E-state index is 10.9. The fourth-order valence-corrected chi connectivity index (χ4v) is 2.23. The van der Waals surface area contributed by atoms with Gasteiger partial charge in [0.2, 0.25) is 0 Å². The van der Waals surface area contributed by atoms with Gasteiger partial charge in [-0.1, -0.05) is 30.3 Å². The quantitative estimate of drug-likeness (QED) is 0.734. The van der Waals surface area contributed by atoms with Crippen LogP contribution in [0.1, 0.15) is 20.9 Å². The third kappa shape index (κ3) is 2.67. The van der Waals surface area contributed by atoms with Gasteiger partial charge in [-0.15, -0.1) is 0 Å². The van der Waals surface area contributed by atoms with Crippen molar-refractivity contribution < 1.29 is 19.1 Å².